The van der Waals surface area contributed by atoms with Crippen LogP contribution < -0.4 is 10.2 Å². The quantitative estimate of drug-likeness (QED) is 0.785. The highest BCUT2D eigenvalue weighted by atomic mass is 35.5. The molecular formula is C15H21ClN2O3. The second-order valence-corrected chi connectivity index (χ2v) is 5.05. The van der Waals surface area contributed by atoms with Crippen molar-refractivity contribution in [1.82, 2.24) is 5.32 Å². The van der Waals surface area contributed by atoms with Crippen LogP contribution in [-0.2, 0) is 14.3 Å². The predicted octanol–water partition coefficient (Wildman–Crippen LogP) is 2.15. The van der Waals surface area contributed by atoms with Crippen LogP contribution in [0.15, 0.2) is 18.2 Å². The molecule has 0 unspecified atom stereocenters. The van der Waals surface area contributed by atoms with Gasteiger partial charge in [0.15, 0.2) is 0 Å². The number of carbonyl (C=O) groups excluding carboxylic acids is 2. The molecule has 0 fully saturated rings. The highest BCUT2D eigenvalue weighted by molar-refractivity contribution is 6.31. The Balaban J connectivity index is 2.69. The molecule has 0 aromatic heterocycles. The van der Waals surface area contributed by atoms with Crippen LogP contribution >= 0.6 is 11.6 Å². The number of rotatable bonds is 7. The maximum Gasteiger partial charge on any atom is 0.223 e. The fourth-order valence-corrected chi connectivity index (χ4v) is 2.10. The van der Waals surface area contributed by atoms with Crippen molar-refractivity contribution in [3.63, 3.8) is 0 Å². The van der Waals surface area contributed by atoms with E-state index in [-0.39, 0.29) is 18.2 Å². The third-order valence-corrected chi connectivity index (χ3v) is 3.51. The van der Waals surface area contributed by atoms with Crippen molar-refractivity contribution in [1.29, 1.82) is 0 Å². The Labute approximate surface area is 130 Å². The van der Waals surface area contributed by atoms with Gasteiger partial charge < -0.3 is 15.0 Å². The maximum atomic E-state index is 11.8. The van der Waals surface area contributed by atoms with Crippen molar-refractivity contribution in [2.45, 2.75) is 20.3 Å². The van der Waals surface area contributed by atoms with Crippen LogP contribution in [-0.4, -0.2) is 38.6 Å². The third-order valence-electron chi connectivity index (χ3n) is 3.10. The molecular weight excluding hydrogens is 292 g/mol. The van der Waals surface area contributed by atoms with Gasteiger partial charge in [-0.15, -0.1) is 0 Å². The molecule has 1 N–H and O–H groups in total. The molecule has 0 bridgehead atoms. The van der Waals surface area contributed by atoms with E-state index in [0.717, 1.165) is 11.3 Å². The van der Waals surface area contributed by atoms with Gasteiger partial charge in [0, 0.05) is 44.3 Å². The number of nitrogens with one attached hydrogen (secondary N) is 1. The molecule has 0 saturated carbocycles. The molecule has 0 radical (unpaired) electrons. The van der Waals surface area contributed by atoms with Crippen molar-refractivity contribution in [3.05, 3.63) is 28.8 Å². The lowest BCUT2D eigenvalue weighted by Crippen LogP contribution is -2.35. The Morgan fingerprint density at radius 2 is 2.10 bits per heavy atom. The van der Waals surface area contributed by atoms with Gasteiger partial charge in [0.25, 0.3) is 0 Å². The van der Waals surface area contributed by atoms with Gasteiger partial charge in [-0.05, 0) is 24.6 Å². The average molecular weight is 313 g/mol. The van der Waals surface area contributed by atoms with Crippen molar-refractivity contribution in [3.8, 4) is 0 Å². The highest BCUT2D eigenvalue weighted by Gasteiger charge is 2.16. The van der Waals surface area contributed by atoms with E-state index in [2.05, 4.69) is 5.32 Å². The number of hydrogen-bond acceptors (Lipinski definition) is 3. The first kappa shape index (κ1) is 17.5. The molecule has 1 rings (SSSR count). The van der Waals surface area contributed by atoms with Crippen molar-refractivity contribution >= 4 is 29.1 Å². The molecule has 1 aromatic rings. The van der Waals surface area contributed by atoms with Crippen molar-refractivity contribution in [2.24, 2.45) is 0 Å². The number of nitrogens with zero attached hydrogens (tertiary/aromatic N) is 1. The summed E-state index contributed by atoms with van der Waals surface area (Å²) in [4.78, 5) is 25.1. The first-order valence-electron chi connectivity index (χ1n) is 6.76. The van der Waals surface area contributed by atoms with Crippen molar-refractivity contribution in [2.75, 3.05) is 31.7 Å². The zero-order chi connectivity index (χ0) is 15.8. The lowest BCUT2D eigenvalue weighted by molar-refractivity contribution is -0.121. The molecule has 0 atom stereocenters. The second kappa shape index (κ2) is 8.64. The summed E-state index contributed by atoms with van der Waals surface area (Å²) in [6.07, 6.45) is 0.231. The zero-order valence-corrected chi connectivity index (χ0v) is 13.4. The largest absolute Gasteiger partial charge is 0.383 e. The van der Waals surface area contributed by atoms with E-state index in [9.17, 15) is 9.59 Å². The van der Waals surface area contributed by atoms with Crippen molar-refractivity contribution < 1.29 is 14.3 Å². The first-order valence-corrected chi connectivity index (χ1v) is 7.14. The van der Waals surface area contributed by atoms with Crippen LogP contribution in [0.25, 0.3) is 0 Å². The topological polar surface area (TPSA) is 58.6 Å². The zero-order valence-electron chi connectivity index (χ0n) is 12.6. The van der Waals surface area contributed by atoms with Crippen LogP contribution in [0.1, 0.15) is 18.9 Å². The van der Waals surface area contributed by atoms with E-state index in [4.69, 9.17) is 16.3 Å². The van der Waals surface area contributed by atoms with Crippen LogP contribution in [0, 0.1) is 6.92 Å². The normalized spacial score (nSPS) is 10.3. The molecule has 0 aliphatic rings. The summed E-state index contributed by atoms with van der Waals surface area (Å²) in [5.41, 5.74) is 1.56. The lowest BCUT2D eigenvalue weighted by Gasteiger charge is -2.23. The Morgan fingerprint density at radius 1 is 1.38 bits per heavy atom. The first-order chi connectivity index (χ1) is 9.97. The molecule has 1 aromatic carbocycles. The number of methoxy groups -OCH3 is 1. The second-order valence-electron chi connectivity index (χ2n) is 4.65. The predicted molar refractivity (Wildman–Crippen MR) is 83.7 cm³/mol. The Hall–Kier alpha value is -1.59. The average Bonchev–Trinajstić information content (AvgIpc) is 2.43. The molecule has 0 spiro atoms. The van der Waals surface area contributed by atoms with Gasteiger partial charge >= 0.3 is 0 Å². The molecule has 0 heterocycles. The summed E-state index contributed by atoms with van der Waals surface area (Å²) in [7, 11) is 1.57. The lowest BCUT2D eigenvalue weighted by atomic mass is 10.1. The molecule has 0 aliphatic heterocycles. The minimum Gasteiger partial charge on any atom is -0.383 e. The van der Waals surface area contributed by atoms with Gasteiger partial charge in [0.1, 0.15) is 0 Å². The number of ether oxygens (including phenoxy) is 1. The van der Waals surface area contributed by atoms with E-state index in [1.807, 2.05) is 13.0 Å². The molecule has 0 aliphatic carbocycles. The number of benzene rings is 1. The minimum atomic E-state index is -0.120. The van der Waals surface area contributed by atoms with E-state index in [1.165, 1.54) is 6.92 Å². The van der Waals surface area contributed by atoms with Gasteiger partial charge in [0.05, 0.1) is 6.61 Å². The third kappa shape index (κ3) is 5.36. The van der Waals surface area contributed by atoms with Crippen LogP contribution in [0.3, 0.4) is 0 Å². The van der Waals surface area contributed by atoms with Crippen LogP contribution in [0.2, 0.25) is 5.02 Å². The van der Waals surface area contributed by atoms with E-state index in [1.54, 1.807) is 24.1 Å². The molecule has 21 heavy (non-hydrogen) atoms. The van der Waals surface area contributed by atoms with E-state index < -0.39 is 0 Å². The maximum absolute atomic E-state index is 11.8. The van der Waals surface area contributed by atoms with E-state index in [0.29, 0.717) is 24.7 Å². The fourth-order valence-electron chi connectivity index (χ4n) is 1.93. The summed E-state index contributed by atoms with van der Waals surface area (Å²) >= 11 is 6.08. The number of anilines is 1. The van der Waals surface area contributed by atoms with E-state index >= 15 is 0 Å². The summed E-state index contributed by atoms with van der Waals surface area (Å²) in [5.74, 6) is -0.233. The Morgan fingerprint density at radius 3 is 2.71 bits per heavy atom. The smallest absolute Gasteiger partial charge is 0.223 e. The molecule has 5 nitrogen and oxygen atoms in total. The van der Waals surface area contributed by atoms with Gasteiger partial charge in [0.2, 0.25) is 11.8 Å². The number of amides is 2. The Bertz CT molecular complexity index is 506. The van der Waals surface area contributed by atoms with Crippen LogP contribution in [0.4, 0.5) is 5.69 Å². The van der Waals surface area contributed by atoms with Gasteiger partial charge in [-0.3, -0.25) is 9.59 Å². The molecule has 116 valence electrons. The fraction of sp³-hybridized carbons (Fsp3) is 0.467. The highest BCUT2D eigenvalue weighted by Crippen LogP contribution is 2.26. The number of halogens is 1. The summed E-state index contributed by atoms with van der Waals surface area (Å²) in [5, 5.41) is 3.33. The number of hydrogen-bond donors (Lipinski definition) is 1. The Kier molecular flexibility index (Phi) is 7.19. The monoisotopic (exact) mass is 312 g/mol. The number of carbonyl (C=O) groups is 2. The summed E-state index contributed by atoms with van der Waals surface area (Å²) < 4.78 is 4.86. The van der Waals surface area contributed by atoms with Crippen LogP contribution in [0.5, 0.6) is 0 Å². The summed E-state index contributed by atoms with van der Waals surface area (Å²) in [6.45, 7) is 4.58. The van der Waals surface area contributed by atoms with Gasteiger partial charge in [-0.1, -0.05) is 17.7 Å². The molecule has 0 saturated heterocycles. The standard InChI is InChI=1S/C15H21ClN2O3/c1-11-13(16)5-4-6-14(11)18(12(2)19)9-7-15(20)17-8-10-21-3/h4-6H,7-10H2,1-3H3,(H,17,20). The summed E-state index contributed by atoms with van der Waals surface area (Å²) in [6, 6.07) is 5.39. The van der Waals surface area contributed by atoms with Gasteiger partial charge in [-0.25, -0.2) is 0 Å². The molecule has 2 amide bonds. The SMILES string of the molecule is COCCNC(=O)CCN(C(C)=O)c1cccc(Cl)c1C. The van der Waals surface area contributed by atoms with Gasteiger partial charge in [-0.2, -0.15) is 0 Å². The minimum absolute atomic E-state index is 0.113. The molecule has 6 heteroatoms.